The number of carbonyl (C=O) groups excluding carboxylic acids is 1. The van der Waals surface area contributed by atoms with Crippen molar-refractivity contribution < 1.29 is 18.0 Å². The summed E-state index contributed by atoms with van der Waals surface area (Å²) in [7, 11) is 0. The van der Waals surface area contributed by atoms with Crippen molar-refractivity contribution in [3.05, 3.63) is 108 Å². The van der Waals surface area contributed by atoms with E-state index in [0.717, 1.165) is 65.3 Å². The van der Waals surface area contributed by atoms with Crippen molar-refractivity contribution in [2.45, 2.75) is 76.3 Å². The molecule has 0 unspecified atom stereocenters. The van der Waals surface area contributed by atoms with Crippen molar-refractivity contribution in [3.8, 4) is 28.6 Å². The lowest BCUT2D eigenvalue weighted by atomic mass is 9.76. The summed E-state index contributed by atoms with van der Waals surface area (Å²) in [5.74, 6) is -2.32. The molecule has 14 heteroatoms. The fourth-order valence-corrected chi connectivity index (χ4v) is 8.09. The van der Waals surface area contributed by atoms with E-state index in [1.54, 1.807) is 18.7 Å². The molecule has 55 heavy (non-hydrogen) atoms. The van der Waals surface area contributed by atoms with Gasteiger partial charge in [-0.05, 0) is 91.8 Å². The summed E-state index contributed by atoms with van der Waals surface area (Å²) < 4.78 is 44.6. The van der Waals surface area contributed by atoms with Crippen LogP contribution in [-0.4, -0.2) is 46.6 Å². The van der Waals surface area contributed by atoms with Gasteiger partial charge in [-0.15, -0.1) is 0 Å². The molecular formula is C41H41F3N10O. The molecule has 0 aliphatic heterocycles. The van der Waals surface area contributed by atoms with Crippen LogP contribution < -0.4 is 11.1 Å². The van der Waals surface area contributed by atoms with Gasteiger partial charge in [0.1, 0.15) is 40.8 Å². The molecule has 5 heterocycles. The molecule has 0 spiro atoms. The number of nitriles is 1. The Hall–Kier alpha value is -5.94. The zero-order chi connectivity index (χ0) is 38.5. The zero-order valence-corrected chi connectivity index (χ0v) is 30.3. The highest BCUT2D eigenvalue weighted by atomic mass is 19.1. The predicted octanol–water partition coefficient (Wildman–Crippen LogP) is 8.51. The standard InChI is InChI=1S/C24H23F3N4O.C17H18N6/c1-13-9-14(11-15(28)10-13)16-7-8-29-12-21(16)31-24(32)20-6-5-19(27)23(30-20)22-17(25)3-2-4-18(22)26;18-7-5-15(12-3-1-2-4-12)23-10-13(9-22-23)16-14-6-8-19-17(14)21-11-20-16/h2-8,12-15H,9-11,28H2,1H3,(H,31,32);6,8-12,15H,1-5H2,(H,19,20,21)/t13-,14+,15-;15-/m01/s1. The van der Waals surface area contributed by atoms with E-state index >= 15 is 0 Å². The van der Waals surface area contributed by atoms with Gasteiger partial charge < -0.3 is 16.0 Å². The molecule has 282 valence electrons. The number of nitrogens with one attached hydrogen (secondary N) is 2. The lowest BCUT2D eigenvalue weighted by molar-refractivity contribution is 0.102. The van der Waals surface area contributed by atoms with E-state index < -0.39 is 34.6 Å². The van der Waals surface area contributed by atoms with Gasteiger partial charge in [0.15, 0.2) is 0 Å². The first-order chi connectivity index (χ1) is 26.7. The third-order valence-corrected chi connectivity index (χ3v) is 10.6. The van der Waals surface area contributed by atoms with Crippen LogP contribution in [0.25, 0.3) is 33.5 Å². The van der Waals surface area contributed by atoms with E-state index in [2.05, 4.69) is 48.3 Å². The first kappa shape index (κ1) is 37.4. The van der Waals surface area contributed by atoms with E-state index in [9.17, 15) is 23.2 Å². The molecule has 1 aromatic carbocycles. The number of aromatic nitrogens is 7. The maximum atomic E-state index is 14.3. The van der Waals surface area contributed by atoms with Crippen LogP contribution in [0.5, 0.6) is 0 Å². The van der Waals surface area contributed by atoms with Crippen molar-refractivity contribution in [2.75, 3.05) is 5.32 Å². The maximum Gasteiger partial charge on any atom is 0.274 e. The number of hydrogen-bond acceptors (Lipinski definition) is 8. The number of aromatic amines is 1. The molecule has 4 atom stereocenters. The lowest BCUT2D eigenvalue weighted by Crippen LogP contribution is -2.31. The Kier molecular flexibility index (Phi) is 11.3. The topological polar surface area (TPSA) is 164 Å². The zero-order valence-electron chi connectivity index (χ0n) is 30.3. The van der Waals surface area contributed by atoms with Crippen LogP contribution in [0.1, 0.15) is 86.3 Å². The molecule has 0 radical (unpaired) electrons. The maximum absolute atomic E-state index is 14.3. The number of nitrogens with zero attached hydrogens (tertiary/aromatic N) is 7. The summed E-state index contributed by atoms with van der Waals surface area (Å²) in [6, 6.07) is 11.7. The van der Waals surface area contributed by atoms with Gasteiger partial charge in [0.05, 0.1) is 47.9 Å². The molecule has 1 amide bonds. The fourth-order valence-electron chi connectivity index (χ4n) is 8.09. The smallest absolute Gasteiger partial charge is 0.274 e. The Labute approximate surface area is 316 Å². The average Bonchev–Trinajstić information content (AvgIpc) is 3.98. The highest BCUT2D eigenvalue weighted by molar-refractivity contribution is 6.03. The molecule has 4 N–H and O–H groups in total. The van der Waals surface area contributed by atoms with Crippen LogP contribution in [0.4, 0.5) is 18.9 Å². The van der Waals surface area contributed by atoms with Gasteiger partial charge in [0.2, 0.25) is 0 Å². The molecule has 0 saturated heterocycles. The van der Waals surface area contributed by atoms with Crippen molar-refractivity contribution in [1.82, 2.24) is 34.7 Å². The number of amides is 1. The summed E-state index contributed by atoms with van der Waals surface area (Å²) >= 11 is 0. The Morgan fingerprint density at radius 1 is 1.02 bits per heavy atom. The predicted molar refractivity (Wildman–Crippen MR) is 202 cm³/mol. The molecule has 5 aromatic heterocycles. The van der Waals surface area contributed by atoms with Crippen molar-refractivity contribution in [1.29, 1.82) is 5.26 Å². The van der Waals surface area contributed by atoms with E-state index in [-0.39, 0.29) is 23.7 Å². The molecule has 6 aromatic rings. The number of nitrogens with two attached hydrogens (primary N) is 1. The molecule has 2 saturated carbocycles. The molecule has 2 fully saturated rings. The van der Waals surface area contributed by atoms with Gasteiger partial charge >= 0.3 is 0 Å². The van der Waals surface area contributed by atoms with Crippen LogP contribution in [0.2, 0.25) is 0 Å². The van der Waals surface area contributed by atoms with Gasteiger partial charge in [-0.3, -0.25) is 14.5 Å². The summed E-state index contributed by atoms with van der Waals surface area (Å²) in [6.07, 6.45) is 18.6. The molecule has 2 aliphatic rings. The first-order valence-corrected chi connectivity index (χ1v) is 18.5. The van der Waals surface area contributed by atoms with Gasteiger partial charge in [-0.25, -0.2) is 28.1 Å². The molecule has 8 rings (SSSR count). The molecule has 11 nitrogen and oxygen atoms in total. The van der Waals surface area contributed by atoms with Gasteiger partial charge in [-0.1, -0.05) is 25.8 Å². The second-order valence-electron chi connectivity index (χ2n) is 14.5. The summed E-state index contributed by atoms with van der Waals surface area (Å²) in [5, 5.41) is 17.5. The first-order valence-electron chi connectivity index (χ1n) is 18.5. The van der Waals surface area contributed by atoms with Crippen LogP contribution >= 0.6 is 0 Å². The van der Waals surface area contributed by atoms with Crippen molar-refractivity contribution >= 4 is 22.6 Å². The third-order valence-electron chi connectivity index (χ3n) is 10.6. The minimum Gasteiger partial charge on any atom is -0.346 e. The van der Waals surface area contributed by atoms with Crippen LogP contribution in [0.3, 0.4) is 0 Å². The van der Waals surface area contributed by atoms with Gasteiger partial charge in [-0.2, -0.15) is 10.4 Å². The Morgan fingerprint density at radius 2 is 1.82 bits per heavy atom. The fraction of sp³-hybridized carbons (Fsp3) is 0.341. The molecule has 2 aliphatic carbocycles. The lowest BCUT2D eigenvalue weighted by Gasteiger charge is -2.32. The van der Waals surface area contributed by atoms with E-state index in [4.69, 9.17) is 5.73 Å². The Bertz CT molecular complexity index is 2300. The highest BCUT2D eigenvalue weighted by Crippen LogP contribution is 2.39. The summed E-state index contributed by atoms with van der Waals surface area (Å²) in [4.78, 5) is 32.7. The SMILES string of the molecule is C[C@@H]1C[C@H](N)C[C@H](c2ccncc2NC(=O)c2ccc(F)c(-c3c(F)cccc3F)n2)C1.N#CC[C@H](C1CCCC1)n1cc(-c2ncnc3[nH]ccc23)cn1. The van der Waals surface area contributed by atoms with E-state index in [1.165, 1.54) is 37.8 Å². The molecular weight excluding hydrogens is 706 g/mol. The quantitative estimate of drug-likeness (QED) is 0.140. The van der Waals surface area contributed by atoms with Crippen LogP contribution in [-0.2, 0) is 0 Å². The number of hydrogen-bond donors (Lipinski definition) is 3. The van der Waals surface area contributed by atoms with Crippen LogP contribution in [0.15, 0.2) is 79.8 Å². The second-order valence-corrected chi connectivity index (χ2v) is 14.5. The Morgan fingerprint density at radius 3 is 2.58 bits per heavy atom. The Balaban J connectivity index is 0.000000178. The molecule has 0 bridgehead atoms. The van der Waals surface area contributed by atoms with E-state index in [0.29, 0.717) is 23.9 Å². The number of rotatable bonds is 8. The highest BCUT2D eigenvalue weighted by Gasteiger charge is 2.29. The summed E-state index contributed by atoms with van der Waals surface area (Å²) in [6.45, 7) is 2.15. The van der Waals surface area contributed by atoms with Crippen molar-refractivity contribution in [2.24, 2.45) is 17.6 Å². The minimum atomic E-state index is -0.966. The average molecular weight is 747 g/mol. The number of fused-ring (bicyclic) bond motifs is 1. The number of benzene rings is 1. The van der Waals surface area contributed by atoms with Crippen LogP contribution in [0, 0.1) is 40.6 Å². The number of H-pyrrole nitrogens is 1. The number of carbonyl (C=O) groups is 1. The van der Waals surface area contributed by atoms with Gasteiger partial charge in [0, 0.05) is 35.6 Å². The van der Waals surface area contributed by atoms with Gasteiger partial charge in [0.25, 0.3) is 5.91 Å². The number of halogens is 3. The number of pyridine rings is 2. The minimum absolute atomic E-state index is 0.0810. The third kappa shape index (κ3) is 8.27. The van der Waals surface area contributed by atoms with E-state index in [1.807, 2.05) is 35.4 Å². The monoisotopic (exact) mass is 746 g/mol. The largest absolute Gasteiger partial charge is 0.346 e. The second kappa shape index (κ2) is 16.6. The summed E-state index contributed by atoms with van der Waals surface area (Å²) in [5.41, 5.74) is 8.94. The van der Waals surface area contributed by atoms with Crippen molar-refractivity contribution in [3.63, 3.8) is 0 Å². The number of anilines is 1. The normalized spacial score (nSPS) is 19.0.